The van der Waals surface area contributed by atoms with Gasteiger partial charge in [0, 0.05) is 30.2 Å². The maximum absolute atomic E-state index is 12.2. The molecule has 0 unspecified atom stereocenters. The van der Waals surface area contributed by atoms with Gasteiger partial charge in [-0.25, -0.2) is 13.1 Å². The van der Waals surface area contributed by atoms with Crippen LogP contribution in [-0.2, 0) is 14.8 Å². The summed E-state index contributed by atoms with van der Waals surface area (Å²) in [6.45, 7) is 1.85. The van der Waals surface area contributed by atoms with Gasteiger partial charge in [0.2, 0.25) is 15.9 Å². The molecule has 128 valence electrons. The molecule has 23 heavy (non-hydrogen) atoms. The SMILES string of the molecule is CC(=O)Nc1ccc(S(=O)(=O)NCCSC2CCCCC2)cc1. The average Bonchev–Trinajstić information content (AvgIpc) is 2.53. The van der Waals surface area contributed by atoms with Crippen molar-refractivity contribution in [3.8, 4) is 0 Å². The molecule has 7 heteroatoms. The highest BCUT2D eigenvalue weighted by molar-refractivity contribution is 8.00. The van der Waals surface area contributed by atoms with Crippen molar-refractivity contribution in [2.75, 3.05) is 17.6 Å². The number of hydrogen-bond donors (Lipinski definition) is 2. The first-order valence-electron chi connectivity index (χ1n) is 7.96. The number of carbonyl (C=O) groups is 1. The van der Waals surface area contributed by atoms with E-state index in [2.05, 4.69) is 10.0 Å². The van der Waals surface area contributed by atoms with Crippen molar-refractivity contribution >= 4 is 33.4 Å². The molecule has 0 heterocycles. The van der Waals surface area contributed by atoms with Gasteiger partial charge in [0.15, 0.2) is 0 Å². The molecule has 0 aliphatic heterocycles. The minimum Gasteiger partial charge on any atom is -0.326 e. The van der Waals surface area contributed by atoms with Crippen molar-refractivity contribution < 1.29 is 13.2 Å². The molecule has 1 aromatic rings. The summed E-state index contributed by atoms with van der Waals surface area (Å²) in [4.78, 5) is 11.2. The minimum atomic E-state index is -3.48. The lowest BCUT2D eigenvalue weighted by Gasteiger charge is -2.20. The standard InChI is InChI=1S/C16H24N2O3S2/c1-13(19)18-14-7-9-16(10-8-14)23(20,21)17-11-12-22-15-5-3-2-4-6-15/h7-10,15,17H,2-6,11-12H2,1H3,(H,18,19). The Morgan fingerprint density at radius 3 is 2.43 bits per heavy atom. The molecule has 2 rings (SSSR count). The Kier molecular flexibility index (Phi) is 6.92. The van der Waals surface area contributed by atoms with E-state index in [1.54, 1.807) is 12.1 Å². The van der Waals surface area contributed by atoms with Crippen LogP contribution in [0.1, 0.15) is 39.0 Å². The van der Waals surface area contributed by atoms with Crippen molar-refractivity contribution in [2.45, 2.75) is 49.2 Å². The predicted molar refractivity (Wildman–Crippen MR) is 95.3 cm³/mol. The van der Waals surface area contributed by atoms with Crippen molar-refractivity contribution in [3.63, 3.8) is 0 Å². The molecule has 1 aliphatic rings. The number of nitrogens with one attached hydrogen (secondary N) is 2. The molecule has 1 saturated carbocycles. The summed E-state index contributed by atoms with van der Waals surface area (Å²) >= 11 is 1.87. The first-order chi connectivity index (χ1) is 11.0. The molecular weight excluding hydrogens is 332 g/mol. The van der Waals surface area contributed by atoms with Crippen molar-refractivity contribution in [3.05, 3.63) is 24.3 Å². The van der Waals surface area contributed by atoms with E-state index in [9.17, 15) is 13.2 Å². The molecule has 0 radical (unpaired) electrons. The van der Waals surface area contributed by atoms with Crippen LogP contribution in [0.5, 0.6) is 0 Å². The average molecular weight is 357 g/mol. The molecule has 5 nitrogen and oxygen atoms in total. The second-order valence-electron chi connectivity index (χ2n) is 5.73. The topological polar surface area (TPSA) is 75.3 Å². The van der Waals surface area contributed by atoms with Crippen molar-refractivity contribution in [2.24, 2.45) is 0 Å². The first-order valence-corrected chi connectivity index (χ1v) is 10.5. The Morgan fingerprint density at radius 1 is 1.17 bits per heavy atom. The van der Waals surface area contributed by atoms with Crippen LogP contribution in [0, 0.1) is 0 Å². The van der Waals surface area contributed by atoms with E-state index >= 15 is 0 Å². The monoisotopic (exact) mass is 356 g/mol. The number of sulfonamides is 1. The van der Waals surface area contributed by atoms with E-state index in [1.807, 2.05) is 11.8 Å². The van der Waals surface area contributed by atoms with Crippen LogP contribution in [-0.4, -0.2) is 31.9 Å². The summed E-state index contributed by atoms with van der Waals surface area (Å²) in [7, 11) is -3.48. The largest absolute Gasteiger partial charge is 0.326 e. The van der Waals surface area contributed by atoms with Gasteiger partial charge in [-0.2, -0.15) is 11.8 Å². The van der Waals surface area contributed by atoms with E-state index in [0.717, 1.165) is 5.75 Å². The van der Waals surface area contributed by atoms with Gasteiger partial charge in [-0.3, -0.25) is 4.79 Å². The van der Waals surface area contributed by atoms with E-state index in [-0.39, 0.29) is 10.8 Å². The van der Waals surface area contributed by atoms with Gasteiger partial charge < -0.3 is 5.32 Å². The summed E-state index contributed by atoms with van der Waals surface area (Å²) in [5, 5.41) is 3.30. The molecule has 0 aromatic heterocycles. The fourth-order valence-electron chi connectivity index (χ4n) is 2.64. The fraction of sp³-hybridized carbons (Fsp3) is 0.562. The van der Waals surface area contributed by atoms with Crippen LogP contribution in [0.15, 0.2) is 29.2 Å². The zero-order valence-electron chi connectivity index (χ0n) is 13.4. The minimum absolute atomic E-state index is 0.182. The number of anilines is 1. The second-order valence-corrected chi connectivity index (χ2v) is 8.91. The lowest BCUT2D eigenvalue weighted by atomic mass is 10.0. The Balaban J connectivity index is 1.80. The molecular formula is C16H24N2O3S2. The van der Waals surface area contributed by atoms with Crippen LogP contribution in [0.3, 0.4) is 0 Å². The normalized spacial score (nSPS) is 16.2. The maximum Gasteiger partial charge on any atom is 0.240 e. The third-order valence-electron chi connectivity index (χ3n) is 3.78. The van der Waals surface area contributed by atoms with Crippen molar-refractivity contribution in [1.82, 2.24) is 4.72 Å². The van der Waals surface area contributed by atoms with Gasteiger partial charge in [0.25, 0.3) is 0 Å². The highest BCUT2D eigenvalue weighted by Crippen LogP contribution is 2.27. The summed E-state index contributed by atoms with van der Waals surface area (Å²) in [6, 6.07) is 6.18. The van der Waals surface area contributed by atoms with E-state index < -0.39 is 10.0 Å². The third-order valence-corrected chi connectivity index (χ3v) is 6.64. The summed E-state index contributed by atoms with van der Waals surface area (Å²) in [6.07, 6.45) is 6.43. The molecule has 0 spiro atoms. The van der Waals surface area contributed by atoms with E-state index in [0.29, 0.717) is 17.5 Å². The van der Waals surface area contributed by atoms with Gasteiger partial charge in [0.1, 0.15) is 0 Å². The Hall–Kier alpha value is -1.05. The quantitative estimate of drug-likeness (QED) is 0.737. The molecule has 1 aromatic carbocycles. The smallest absolute Gasteiger partial charge is 0.240 e. The molecule has 0 bridgehead atoms. The molecule has 2 N–H and O–H groups in total. The van der Waals surface area contributed by atoms with Crippen molar-refractivity contribution in [1.29, 1.82) is 0 Å². The lowest BCUT2D eigenvalue weighted by molar-refractivity contribution is -0.114. The van der Waals surface area contributed by atoms with Gasteiger partial charge in [-0.1, -0.05) is 19.3 Å². The summed E-state index contributed by atoms with van der Waals surface area (Å²) < 4.78 is 27.1. The van der Waals surface area contributed by atoms with E-state index in [4.69, 9.17) is 0 Å². The van der Waals surface area contributed by atoms with Crippen LogP contribution in [0.2, 0.25) is 0 Å². The zero-order valence-corrected chi connectivity index (χ0v) is 15.0. The van der Waals surface area contributed by atoms with Crippen LogP contribution < -0.4 is 10.0 Å². The Labute approximate surface area is 142 Å². The Bertz CT molecular complexity index is 609. The number of rotatable bonds is 7. The third kappa shape index (κ3) is 6.16. The van der Waals surface area contributed by atoms with Gasteiger partial charge >= 0.3 is 0 Å². The number of thioether (sulfide) groups is 1. The highest BCUT2D eigenvalue weighted by atomic mass is 32.2. The lowest BCUT2D eigenvalue weighted by Crippen LogP contribution is -2.26. The zero-order chi connectivity index (χ0) is 16.7. The summed E-state index contributed by atoms with van der Waals surface area (Å²) in [5.74, 6) is 0.618. The number of carbonyl (C=O) groups excluding carboxylic acids is 1. The van der Waals surface area contributed by atoms with Gasteiger partial charge in [-0.15, -0.1) is 0 Å². The second kappa shape index (κ2) is 8.70. The number of benzene rings is 1. The highest BCUT2D eigenvalue weighted by Gasteiger charge is 2.16. The first kappa shape index (κ1) is 18.3. The molecule has 0 saturated heterocycles. The molecule has 1 aliphatic carbocycles. The van der Waals surface area contributed by atoms with Crippen LogP contribution in [0.4, 0.5) is 5.69 Å². The predicted octanol–water partition coefficient (Wildman–Crippen LogP) is 2.99. The maximum atomic E-state index is 12.2. The van der Waals surface area contributed by atoms with Crippen LogP contribution in [0.25, 0.3) is 0 Å². The fourth-order valence-corrected chi connectivity index (χ4v) is 5.02. The molecule has 1 amide bonds. The molecule has 0 atom stereocenters. The number of amides is 1. The van der Waals surface area contributed by atoms with Crippen LogP contribution >= 0.6 is 11.8 Å². The molecule has 1 fully saturated rings. The summed E-state index contributed by atoms with van der Waals surface area (Å²) in [5.41, 5.74) is 0.587. The number of hydrogen-bond acceptors (Lipinski definition) is 4. The van der Waals surface area contributed by atoms with E-state index in [1.165, 1.54) is 51.2 Å². The van der Waals surface area contributed by atoms with Gasteiger partial charge in [-0.05, 0) is 37.1 Å². The van der Waals surface area contributed by atoms with Gasteiger partial charge in [0.05, 0.1) is 4.90 Å². The Morgan fingerprint density at radius 2 is 1.83 bits per heavy atom.